The fourth-order valence-electron chi connectivity index (χ4n) is 2.46. The highest BCUT2D eigenvalue weighted by atomic mass is 16.5. The van der Waals surface area contributed by atoms with Crippen LogP contribution in [0.15, 0.2) is 48.5 Å². The van der Waals surface area contributed by atoms with Crippen LogP contribution in [0.5, 0.6) is 5.75 Å². The first-order chi connectivity index (χ1) is 12.8. The standard InChI is InChI=1S/C21H24N2O4/c1-14-10-11-17(21(26)23(3)4)13-18(14)27-19(24)12-15(2)22-20(25)16-8-6-5-7-9-16/h5-11,13,15H,12H2,1-4H3,(H,22,25). The minimum Gasteiger partial charge on any atom is -0.426 e. The summed E-state index contributed by atoms with van der Waals surface area (Å²) in [6.07, 6.45) is 0.0177. The highest BCUT2D eigenvalue weighted by Crippen LogP contribution is 2.21. The number of amides is 2. The SMILES string of the molecule is Cc1ccc(C(=O)N(C)C)cc1OC(=O)CC(C)NC(=O)c1ccccc1. The largest absolute Gasteiger partial charge is 0.426 e. The quantitative estimate of drug-likeness (QED) is 0.628. The maximum atomic E-state index is 12.2. The van der Waals surface area contributed by atoms with Crippen LogP contribution in [0.1, 0.15) is 39.6 Å². The van der Waals surface area contributed by atoms with E-state index in [2.05, 4.69) is 5.32 Å². The second-order valence-corrected chi connectivity index (χ2v) is 6.60. The molecule has 0 saturated heterocycles. The van der Waals surface area contributed by atoms with Gasteiger partial charge in [0.05, 0.1) is 6.42 Å². The van der Waals surface area contributed by atoms with Crippen LogP contribution in [0.3, 0.4) is 0 Å². The van der Waals surface area contributed by atoms with E-state index in [1.165, 1.54) is 4.90 Å². The molecule has 0 aliphatic heterocycles. The Kier molecular flexibility index (Phi) is 6.71. The smallest absolute Gasteiger partial charge is 0.313 e. The van der Waals surface area contributed by atoms with Crippen molar-refractivity contribution in [1.82, 2.24) is 10.2 Å². The molecule has 0 spiro atoms. The molecule has 0 bridgehead atoms. The van der Waals surface area contributed by atoms with Gasteiger partial charge in [-0.25, -0.2) is 0 Å². The van der Waals surface area contributed by atoms with Crippen molar-refractivity contribution in [2.45, 2.75) is 26.3 Å². The molecule has 2 amide bonds. The first-order valence-corrected chi connectivity index (χ1v) is 8.67. The predicted molar refractivity (Wildman–Crippen MR) is 103 cm³/mol. The van der Waals surface area contributed by atoms with Crippen LogP contribution in [0.4, 0.5) is 0 Å². The number of carbonyl (C=O) groups is 3. The molecule has 6 heteroatoms. The Bertz CT molecular complexity index is 831. The number of rotatable bonds is 6. The van der Waals surface area contributed by atoms with E-state index in [4.69, 9.17) is 4.74 Å². The summed E-state index contributed by atoms with van der Waals surface area (Å²) in [5.41, 5.74) is 1.72. The number of esters is 1. The molecule has 27 heavy (non-hydrogen) atoms. The van der Waals surface area contributed by atoms with E-state index in [1.54, 1.807) is 70.4 Å². The summed E-state index contributed by atoms with van der Waals surface area (Å²) in [5, 5.41) is 2.77. The summed E-state index contributed by atoms with van der Waals surface area (Å²) in [6.45, 7) is 3.54. The molecule has 0 saturated carbocycles. The van der Waals surface area contributed by atoms with Gasteiger partial charge in [0.25, 0.3) is 11.8 Å². The third-order valence-electron chi connectivity index (χ3n) is 3.95. The van der Waals surface area contributed by atoms with Gasteiger partial charge in [0.15, 0.2) is 0 Å². The Morgan fingerprint density at radius 1 is 1.04 bits per heavy atom. The van der Waals surface area contributed by atoms with Gasteiger partial charge < -0.3 is 15.0 Å². The Balaban J connectivity index is 1.98. The van der Waals surface area contributed by atoms with Gasteiger partial charge in [-0.15, -0.1) is 0 Å². The fourth-order valence-corrected chi connectivity index (χ4v) is 2.46. The minimum atomic E-state index is -0.478. The highest BCUT2D eigenvalue weighted by Gasteiger charge is 2.17. The average Bonchev–Trinajstić information content (AvgIpc) is 2.63. The zero-order valence-electron chi connectivity index (χ0n) is 16.0. The lowest BCUT2D eigenvalue weighted by atomic mass is 10.1. The molecule has 6 nitrogen and oxygen atoms in total. The van der Waals surface area contributed by atoms with Crippen LogP contribution in [0, 0.1) is 6.92 Å². The minimum absolute atomic E-state index is 0.0177. The number of benzene rings is 2. The average molecular weight is 368 g/mol. The number of hydrogen-bond donors (Lipinski definition) is 1. The van der Waals surface area contributed by atoms with Gasteiger partial charge in [0.2, 0.25) is 0 Å². The Labute approximate surface area is 159 Å². The number of nitrogens with zero attached hydrogens (tertiary/aromatic N) is 1. The van der Waals surface area contributed by atoms with Crippen molar-refractivity contribution in [2.75, 3.05) is 14.1 Å². The summed E-state index contributed by atoms with van der Waals surface area (Å²) >= 11 is 0. The Morgan fingerprint density at radius 3 is 2.33 bits per heavy atom. The van der Waals surface area contributed by atoms with Crippen molar-refractivity contribution in [3.63, 3.8) is 0 Å². The summed E-state index contributed by atoms with van der Waals surface area (Å²) in [4.78, 5) is 37.9. The molecular formula is C21H24N2O4. The monoisotopic (exact) mass is 368 g/mol. The lowest BCUT2D eigenvalue weighted by Crippen LogP contribution is -2.35. The zero-order chi connectivity index (χ0) is 20.0. The van der Waals surface area contributed by atoms with Crippen LogP contribution >= 0.6 is 0 Å². The van der Waals surface area contributed by atoms with Crippen molar-refractivity contribution in [3.05, 3.63) is 65.2 Å². The van der Waals surface area contributed by atoms with Gasteiger partial charge in [-0.1, -0.05) is 24.3 Å². The third-order valence-corrected chi connectivity index (χ3v) is 3.95. The van der Waals surface area contributed by atoms with Crippen molar-refractivity contribution in [3.8, 4) is 5.75 Å². The molecule has 0 aliphatic rings. The number of aryl methyl sites for hydroxylation is 1. The van der Waals surface area contributed by atoms with Gasteiger partial charge >= 0.3 is 5.97 Å². The highest BCUT2D eigenvalue weighted by molar-refractivity contribution is 5.95. The Morgan fingerprint density at radius 2 is 1.70 bits per heavy atom. The van der Waals surface area contributed by atoms with Gasteiger partial charge in [-0.05, 0) is 43.7 Å². The van der Waals surface area contributed by atoms with Crippen molar-refractivity contribution in [1.29, 1.82) is 0 Å². The molecule has 1 unspecified atom stereocenters. The summed E-state index contributed by atoms with van der Waals surface area (Å²) in [5.74, 6) is -0.552. The number of nitrogens with one attached hydrogen (secondary N) is 1. The van der Waals surface area contributed by atoms with Gasteiger partial charge in [0, 0.05) is 31.3 Å². The van der Waals surface area contributed by atoms with Crippen LogP contribution in [-0.4, -0.2) is 42.8 Å². The van der Waals surface area contributed by atoms with Crippen molar-refractivity contribution >= 4 is 17.8 Å². The molecule has 2 aromatic carbocycles. The number of hydrogen-bond acceptors (Lipinski definition) is 4. The third kappa shape index (κ3) is 5.67. The van der Waals surface area contributed by atoms with E-state index in [0.29, 0.717) is 16.9 Å². The zero-order valence-corrected chi connectivity index (χ0v) is 16.0. The molecule has 0 heterocycles. The second kappa shape index (κ2) is 8.98. The molecule has 0 fully saturated rings. The summed E-state index contributed by atoms with van der Waals surface area (Å²) < 4.78 is 5.41. The van der Waals surface area contributed by atoms with E-state index in [1.807, 2.05) is 6.07 Å². The number of carbonyl (C=O) groups excluding carboxylic acids is 3. The maximum absolute atomic E-state index is 12.2. The van der Waals surface area contributed by atoms with Crippen LogP contribution < -0.4 is 10.1 Å². The molecule has 1 atom stereocenters. The second-order valence-electron chi connectivity index (χ2n) is 6.60. The summed E-state index contributed by atoms with van der Waals surface area (Å²) in [7, 11) is 3.32. The van der Waals surface area contributed by atoms with E-state index >= 15 is 0 Å². The fraction of sp³-hybridized carbons (Fsp3) is 0.286. The molecule has 1 N–H and O–H groups in total. The first kappa shape index (κ1) is 20.2. The normalized spacial score (nSPS) is 11.4. The molecule has 2 aromatic rings. The molecule has 0 radical (unpaired) electrons. The van der Waals surface area contributed by atoms with Crippen LogP contribution in [0.2, 0.25) is 0 Å². The number of ether oxygens (including phenoxy) is 1. The van der Waals surface area contributed by atoms with E-state index in [0.717, 1.165) is 5.56 Å². The van der Waals surface area contributed by atoms with Crippen LogP contribution in [-0.2, 0) is 4.79 Å². The van der Waals surface area contributed by atoms with Gasteiger partial charge in [-0.2, -0.15) is 0 Å². The van der Waals surface area contributed by atoms with Crippen LogP contribution in [0.25, 0.3) is 0 Å². The van der Waals surface area contributed by atoms with Crippen molar-refractivity contribution < 1.29 is 19.1 Å². The van der Waals surface area contributed by atoms with E-state index in [-0.39, 0.29) is 18.2 Å². The van der Waals surface area contributed by atoms with Gasteiger partial charge in [-0.3, -0.25) is 14.4 Å². The van der Waals surface area contributed by atoms with E-state index < -0.39 is 12.0 Å². The molecule has 142 valence electrons. The lowest BCUT2D eigenvalue weighted by molar-refractivity contribution is -0.134. The van der Waals surface area contributed by atoms with Gasteiger partial charge in [0.1, 0.15) is 5.75 Å². The summed E-state index contributed by atoms with van der Waals surface area (Å²) in [6, 6.07) is 13.4. The molecular weight excluding hydrogens is 344 g/mol. The molecule has 0 aromatic heterocycles. The van der Waals surface area contributed by atoms with E-state index in [9.17, 15) is 14.4 Å². The molecule has 0 aliphatic carbocycles. The van der Waals surface area contributed by atoms with Crippen molar-refractivity contribution in [2.24, 2.45) is 0 Å². The Hall–Kier alpha value is -3.15. The maximum Gasteiger partial charge on any atom is 0.313 e. The lowest BCUT2D eigenvalue weighted by Gasteiger charge is -2.15. The predicted octanol–water partition coefficient (Wildman–Crippen LogP) is 2.81. The first-order valence-electron chi connectivity index (χ1n) is 8.67. The topological polar surface area (TPSA) is 75.7 Å². The molecule has 2 rings (SSSR count).